The maximum atomic E-state index is 4.71. The molecule has 0 bridgehead atoms. The zero-order valence-electron chi connectivity index (χ0n) is 13.3. The maximum absolute atomic E-state index is 4.71. The van der Waals surface area contributed by atoms with Crippen LogP contribution in [0.1, 0.15) is 12.8 Å². The molecule has 1 saturated carbocycles. The lowest BCUT2D eigenvalue weighted by molar-refractivity contribution is 0.438. The number of anilines is 3. The SMILES string of the molecule is c1cc(Nc2ccc3[nH]ncc3c2)nc(N2CCNC3(CC3)C2)n1. The summed E-state index contributed by atoms with van der Waals surface area (Å²) in [6.45, 7) is 2.95. The predicted molar refractivity (Wildman–Crippen MR) is 93.6 cm³/mol. The van der Waals surface area contributed by atoms with E-state index in [4.69, 9.17) is 4.98 Å². The Morgan fingerprint density at radius 3 is 3.08 bits per heavy atom. The molecule has 0 unspecified atom stereocenters. The van der Waals surface area contributed by atoms with E-state index in [0.29, 0.717) is 5.54 Å². The predicted octanol–water partition coefficient (Wildman–Crippen LogP) is 2.04. The van der Waals surface area contributed by atoms with Crippen LogP contribution in [-0.2, 0) is 0 Å². The van der Waals surface area contributed by atoms with Crippen molar-refractivity contribution in [1.29, 1.82) is 0 Å². The average Bonchev–Trinajstić information content (AvgIpc) is 3.18. The second kappa shape index (κ2) is 5.17. The van der Waals surface area contributed by atoms with Gasteiger partial charge < -0.3 is 15.5 Å². The van der Waals surface area contributed by atoms with Gasteiger partial charge in [-0.05, 0) is 37.1 Å². The summed E-state index contributed by atoms with van der Waals surface area (Å²) in [7, 11) is 0. The Bertz CT molecular complexity index is 883. The van der Waals surface area contributed by atoms with E-state index in [2.05, 4.69) is 36.8 Å². The number of piperazine rings is 1. The minimum atomic E-state index is 0.317. The monoisotopic (exact) mass is 321 g/mol. The standard InChI is InChI=1S/C17H19N7/c1-2-14-12(10-20-23-14)9-13(1)21-15-3-6-18-16(22-15)24-8-7-19-17(11-24)4-5-17/h1-3,6,9-10,19H,4-5,7-8,11H2,(H,20,23)(H,18,21,22). The summed E-state index contributed by atoms with van der Waals surface area (Å²) in [5.41, 5.74) is 2.34. The van der Waals surface area contributed by atoms with E-state index in [1.807, 2.05) is 30.6 Å². The summed E-state index contributed by atoms with van der Waals surface area (Å²) in [5, 5.41) is 15.1. The van der Waals surface area contributed by atoms with Crippen molar-refractivity contribution in [3.05, 3.63) is 36.7 Å². The number of hydrogen-bond acceptors (Lipinski definition) is 6. The van der Waals surface area contributed by atoms with Gasteiger partial charge in [-0.15, -0.1) is 0 Å². The topological polar surface area (TPSA) is 81.8 Å². The number of nitrogens with zero attached hydrogens (tertiary/aromatic N) is 4. The van der Waals surface area contributed by atoms with Crippen LogP contribution in [0.5, 0.6) is 0 Å². The second-order valence-electron chi connectivity index (χ2n) is 6.67. The van der Waals surface area contributed by atoms with Crippen molar-refractivity contribution < 1.29 is 0 Å². The number of aromatic nitrogens is 4. The highest BCUT2D eigenvalue weighted by atomic mass is 15.3. The number of H-pyrrole nitrogens is 1. The molecule has 1 aromatic carbocycles. The van der Waals surface area contributed by atoms with Crippen LogP contribution in [0.25, 0.3) is 10.9 Å². The molecule has 0 atom stereocenters. The molecule has 2 aromatic heterocycles. The van der Waals surface area contributed by atoms with Crippen molar-refractivity contribution >= 4 is 28.4 Å². The first-order chi connectivity index (χ1) is 11.8. The van der Waals surface area contributed by atoms with E-state index < -0.39 is 0 Å². The molecular formula is C17H19N7. The molecule has 1 aliphatic heterocycles. The Morgan fingerprint density at radius 1 is 1.21 bits per heavy atom. The summed E-state index contributed by atoms with van der Waals surface area (Å²) >= 11 is 0. The molecule has 3 heterocycles. The lowest BCUT2D eigenvalue weighted by Gasteiger charge is -2.34. The van der Waals surface area contributed by atoms with Crippen LogP contribution in [0.3, 0.4) is 0 Å². The number of aromatic amines is 1. The van der Waals surface area contributed by atoms with E-state index in [1.54, 1.807) is 0 Å². The Kier molecular flexibility index (Phi) is 2.96. The molecule has 2 aliphatic rings. The third-order valence-electron chi connectivity index (χ3n) is 4.87. The first kappa shape index (κ1) is 13.7. The van der Waals surface area contributed by atoms with Crippen LogP contribution in [0, 0.1) is 0 Å². The molecule has 3 N–H and O–H groups in total. The van der Waals surface area contributed by atoms with Crippen molar-refractivity contribution in [3.63, 3.8) is 0 Å². The fourth-order valence-electron chi connectivity index (χ4n) is 3.35. The largest absolute Gasteiger partial charge is 0.340 e. The van der Waals surface area contributed by atoms with Gasteiger partial charge in [0.25, 0.3) is 0 Å². The molecule has 3 aromatic rings. The molecule has 24 heavy (non-hydrogen) atoms. The van der Waals surface area contributed by atoms with Crippen molar-refractivity contribution in [1.82, 2.24) is 25.5 Å². The zero-order valence-corrected chi connectivity index (χ0v) is 13.3. The molecule has 1 aliphatic carbocycles. The van der Waals surface area contributed by atoms with Crippen molar-refractivity contribution in [2.45, 2.75) is 18.4 Å². The number of fused-ring (bicyclic) bond motifs is 1. The van der Waals surface area contributed by atoms with E-state index in [1.165, 1.54) is 12.8 Å². The molecule has 0 amide bonds. The zero-order chi connectivity index (χ0) is 16.0. The maximum Gasteiger partial charge on any atom is 0.227 e. The number of nitrogens with one attached hydrogen (secondary N) is 3. The van der Waals surface area contributed by atoms with Gasteiger partial charge in [0.05, 0.1) is 11.7 Å². The first-order valence-electron chi connectivity index (χ1n) is 8.33. The Balaban J connectivity index is 1.38. The van der Waals surface area contributed by atoms with Gasteiger partial charge in [0, 0.05) is 42.4 Å². The lowest BCUT2D eigenvalue weighted by atomic mass is 10.2. The van der Waals surface area contributed by atoms with Crippen molar-refractivity contribution in [2.24, 2.45) is 0 Å². The van der Waals surface area contributed by atoms with Gasteiger partial charge in [0.2, 0.25) is 5.95 Å². The number of hydrogen-bond donors (Lipinski definition) is 3. The third kappa shape index (κ3) is 2.46. The summed E-state index contributed by atoms with van der Waals surface area (Å²) in [4.78, 5) is 11.5. The van der Waals surface area contributed by atoms with Gasteiger partial charge in [-0.1, -0.05) is 0 Å². The van der Waals surface area contributed by atoms with E-state index in [-0.39, 0.29) is 0 Å². The van der Waals surface area contributed by atoms with E-state index in [9.17, 15) is 0 Å². The number of benzene rings is 1. The van der Waals surface area contributed by atoms with E-state index in [0.717, 1.165) is 48.0 Å². The van der Waals surface area contributed by atoms with Crippen LogP contribution in [0.4, 0.5) is 17.5 Å². The molecule has 1 spiro atoms. The Labute approximate surface area is 139 Å². The molecule has 1 saturated heterocycles. The normalized spacial score (nSPS) is 18.9. The molecule has 7 heteroatoms. The van der Waals surface area contributed by atoms with Gasteiger partial charge in [0.1, 0.15) is 5.82 Å². The summed E-state index contributed by atoms with van der Waals surface area (Å²) in [6, 6.07) is 8.00. The van der Waals surface area contributed by atoms with Crippen LogP contribution >= 0.6 is 0 Å². The highest BCUT2D eigenvalue weighted by molar-refractivity contribution is 5.82. The number of rotatable bonds is 3. The summed E-state index contributed by atoms with van der Waals surface area (Å²) in [5.74, 6) is 1.61. The van der Waals surface area contributed by atoms with Gasteiger partial charge in [-0.3, -0.25) is 5.10 Å². The minimum absolute atomic E-state index is 0.317. The van der Waals surface area contributed by atoms with Crippen LogP contribution in [-0.4, -0.2) is 45.3 Å². The van der Waals surface area contributed by atoms with Gasteiger partial charge in [0.15, 0.2) is 0 Å². The van der Waals surface area contributed by atoms with Crippen molar-refractivity contribution in [3.8, 4) is 0 Å². The molecule has 5 rings (SSSR count). The van der Waals surface area contributed by atoms with E-state index >= 15 is 0 Å². The van der Waals surface area contributed by atoms with Crippen LogP contribution in [0.15, 0.2) is 36.7 Å². The Morgan fingerprint density at radius 2 is 2.17 bits per heavy atom. The van der Waals surface area contributed by atoms with Crippen molar-refractivity contribution in [2.75, 3.05) is 29.9 Å². The molecule has 2 fully saturated rings. The quantitative estimate of drug-likeness (QED) is 0.685. The third-order valence-corrected chi connectivity index (χ3v) is 4.87. The summed E-state index contributed by atoms with van der Waals surface area (Å²) < 4.78 is 0. The van der Waals surface area contributed by atoms with Crippen LogP contribution in [0.2, 0.25) is 0 Å². The molecular weight excluding hydrogens is 302 g/mol. The van der Waals surface area contributed by atoms with Gasteiger partial charge in [-0.25, -0.2) is 4.98 Å². The van der Waals surface area contributed by atoms with Gasteiger partial charge in [-0.2, -0.15) is 10.1 Å². The second-order valence-corrected chi connectivity index (χ2v) is 6.67. The van der Waals surface area contributed by atoms with Gasteiger partial charge >= 0.3 is 0 Å². The first-order valence-corrected chi connectivity index (χ1v) is 8.33. The van der Waals surface area contributed by atoms with Crippen LogP contribution < -0.4 is 15.5 Å². The Hall–Kier alpha value is -2.67. The fraction of sp³-hybridized carbons (Fsp3) is 0.353. The molecule has 7 nitrogen and oxygen atoms in total. The highest BCUT2D eigenvalue weighted by Gasteiger charge is 2.46. The molecule has 0 radical (unpaired) electrons. The summed E-state index contributed by atoms with van der Waals surface area (Å²) in [6.07, 6.45) is 6.16. The lowest BCUT2D eigenvalue weighted by Crippen LogP contribution is -2.53. The highest BCUT2D eigenvalue weighted by Crippen LogP contribution is 2.38. The molecule has 122 valence electrons. The fourth-order valence-corrected chi connectivity index (χ4v) is 3.35. The smallest absolute Gasteiger partial charge is 0.227 e. The average molecular weight is 321 g/mol. The minimum Gasteiger partial charge on any atom is -0.340 e.